The molecule has 1 saturated heterocycles. The lowest BCUT2D eigenvalue weighted by Crippen LogP contribution is -2.46. The van der Waals surface area contributed by atoms with E-state index in [1.165, 1.54) is 4.90 Å². The summed E-state index contributed by atoms with van der Waals surface area (Å²) in [6, 6.07) is 8.64. The van der Waals surface area contributed by atoms with Crippen molar-refractivity contribution in [3.63, 3.8) is 0 Å². The summed E-state index contributed by atoms with van der Waals surface area (Å²) in [5.74, 6) is -2.55. The first-order valence-corrected chi connectivity index (χ1v) is 8.96. The minimum atomic E-state index is -5.07. The Morgan fingerprint density at radius 3 is 2.37 bits per heavy atom. The van der Waals surface area contributed by atoms with Gasteiger partial charge < -0.3 is 21.3 Å². The Kier molecular flexibility index (Phi) is 5.38. The fourth-order valence-electron chi connectivity index (χ4n) is 2.72. The molecule has 27 heavy (non-hydrogen) atoms. The fraction of sp³-hybridized carbons (Fsp3) is 0.294. The average Bonchev–Trinajstić information content (AvgIpc) is 2.97. The van der Waals surface area contributed by atoms with Gasteiger partial charge in [0.05, 0.1) is 11.3 Å². The zero-order valence-electron chi connectivity index (χ0n) is 14.1. The van der Waals surface area contributed by atoms with E-state index in [-0.39, 0.29) is 10.6 Å². The fourth-order valence-corrected chi connectivity index (χ4v) is 3.81. The highest BCUT2D eigenvalue weighted by molar-refractivity contribution is 7.19. The summed E-state index contributed by atoms with van der Waals surface area (Å²) >= 11 is 0.539. The van der Waals surface area contributed by atoms with Gasteiger partial charge in [-0.25, -0.2) is 0 Å². The lowest BCUT2D eigenvalue weighted by Gasteiger charge is -2.27. The van der Waals surface area contributed by atoms with Crippen LogP contribution in [-0.4, -0.2) is 48.9 Å². The van der Waals surface area contributed by atoms with E-state index in [1.54, 1.807) is 30.3 Å². The van der Waals surface area contributed by atoms with Gasteiger partial charge in [0.1, 0.15) is 9.88 Å². The molecule has 1 aliphatic rings. The van der Waals surface area contributed by atoms with Gasteiger partial charge in [-0.2, -0.15) is 13.2 Å². The van der Waals surface area contributed by atoms with Crippen LogP contribution in [0.4, 0.5) is 29.5 Å². The molecule has 2 aromatic rings. The molecule has 2 heterocycles. The van der Waals surface area contributed by atoms with Crippen LogP contribution in [0.2, 0.25) is 0 Å². The Bertz CT molecular complexity index is 846. The lowest BCUT2D eigenvalue weighted by atomic mass is 10.1. The van der Waals surface area contributed by atoms with E-state index in [4.69, 9.17) is 5.73 Å². The average molecular weight is 398 g/mol. The van der Waals surface area contributed by atoms with Crippen LogP contribution >= 0.6 is 11.3 Å². The van der Waals surface area contributed by atoms with Gasteiger partial charge >= 0.3 is 6.18 Å². The molecule has 1 amide bonds. The summed E-state index contributed by atoms with van der Waals surface area (Å²) in [6.07, 6.45) is -5.07. The molecule has 0 spiro atoms. The van der Waals surface area contributed by atoms with Crippen LogP contribution in [0.5, 0.6) is 0 Å². The van der Waals surface area contributed by atoms with Gasteiger partial charge in [-0.3, -0.25) is 9.59 Å². The zero-order chi connectivity index (χ0) is 19.6. The number of carbonyl (C=O) groups excluding carboxylic acids is 2. The van der Waals surface area contributed by atoms with E-state index in [9.17, 15) is 22.8 Å². The zero-order valence-corrected chi connectivity index (χ0v) is 14.9. The number of carbonyl (C=O) groups is 2. The van der Waals surface area contributed by atoms with E-state index in [1.807, 2.05) is 0 Å². The van der Waals surface area contributed by atoms with Crippen molar-refractivity contribution in [3.05, 3.63) is 40.8 Å². The maximum Gasteiger partial charge on any atom is 0.455 e. The number of piperazine rings is 1. The van der Waals surface area contributed by atoms with E-state index in [0.29, 0.717) is 43.2 Å². The molecule has 144 valence electrons. The summed E-state index contributed by atoms with van der Waals surface area (Å²) in [6.45, 7) is 1.96. The predicted molar refractivity (Wildman–Crippen MR) is 97.6 cm³/mol. The quantitative estimate of drug-likeness (QED) is 0.690. The molecule has 0 unspecified atom stereocenters. The number of nitrogens with zero attached hydrogens (tertiary/aromatic N) is 1. The first kappa shape index (κ1) is 19.2. The Balaban J connectivity index is 2.03. The Morgan fingerprint density at radius 1 is 1.15 bits per heavy atom. The highest BCUT2D eigenvalue weighted by Gasteiger charge is 2.43. The highest BCUT2D eigenvalue weighted by atomic mass is 32.1. The van der Waals surface area contributed by atoms with Crippen molar-refractivity contribution >= 4 is 39.4 Å². The monoisotopic (exact) mass is 398 g/mol. The van der Waals surface area contributed by atoms with Gasteiger partial charge in [-0.05, 0) is 12.1 Å². The van der Waals surface area contributed by atoms with Crippen LogP contribution in [0.1, 0.15) is 20.0 Å². The molecule has 0 radical (unpaired) electrons. The third-order valence-corrected chi connectivity index (χ3v) is 5.18. The topological polar surface area (TPSA) is 87.5 Å². The summed E-state index contributed by atoms with van der Waals surface area (Å²) in [5, 5.41) is 6.13. The highest BCUT2D eigenvalue weighted by Crippen LogP contribution is 2.41. The molecule has 1 aromatic carbocycles. The van der Waals surface area contributed by atoms with Crippen LogP contribution in [-0.2, 0) is 0 Å². The molecule has 6 nitrogen and oxygen atoms in total. The second kappa shape index (κ2) is 7.57. The minimum absolute atomic E-state index is 0.0987. The second-order valence-electron chi connectivity index (χ2n) is 5.91. The molecule has 0 atom stereocenters. The SMILES string of the molecule is Nc1c(C(=O)C(F)(F)F)sc(Nc2ccccc2)c1C(=O)N1CCNCC1. The smallest absolute Gasteiger partial charge is 0.397 e. The van der Waals surface area contributed by atoms with Gasteiger partial charge in [0.15, 0.2) is 0 Å². The van der Waals surface area contributed by atoms with Crippen molar-refractivity contribution in [1.82, 2.24) is 10.2 Å². The van der Waals surface area contributed by atoms with E-state index >= 15 is 0 Å². The summed E-state index contributed by atoms with van der Waals surface area (Å²) < 4.78 is 38.7. The maximum atomic E-state index is 12.9. The van der Waals surface area contributed by atoms with Gasteiger partial charge in [0.2, 0.25) is 0 Å². The number of benzene rings is 1. The number of para-hydroxylation sites is 1. The Labute approximate surface area is 157 Å². The molecule has 1 aliphatic heterocycles. The molecule has 4 N–H and O–H groups in total. The number of rotatable bonds is 4. The second-order valence-corrected chi connectivity index (χ2v) is 6.93. The number of hydrogen-bond acceptors (Lipinski definition) is 6. The molecule has 3 rings (SSSR count). The largest absolute Gasteiger partial charge is 0.455 e. The van der Waals surface area contributed by atoms with Crippen LogP contribution in [0.3, 0.4) is 0 Å². The number of halogens is 3. The first-order valence-electron chi connectivity index (χ1n) is 8.15. The summed E-state index contributed by atoms with van der Waals surface area (Å²) in [7, 11) is 0. The van der Waals surface area contributed by atoms with Gasteiger partial charge in [-0.15, -0.1) is 11.3 Å². The molecule has 0 aliphatic carbocycles. The van der Waals surface area contributed by atoms with Crippen molar-refractivity contribution in [2.45, 2.75) is 6.18 Å². The normalized spacial score (nSPS) is 14.9. The number of Topliss-reactive ketones (excluding diaryl/α,β-unsaturated/α-hetero) is 1. The van der Waals surface area contributed by atoms with Crippen LogP contribution < -0.4 is 16.4 Å². The molecular weight excluding hydrogens is 381 g/mol. The van der Waals surface area contributed by atoms with E-state index < -0.39 is 28.4 Å². The van der Waals surface area contributed by atoms with Crippen molar-refractivity contribution in [2.75, 3.05) is 37.2 Å². The van der Waals surface area contributed by atoms with Crippen molar-refractivity contribution in [2.24, 2.45) is 0 Å². The number of nitrogens with one attached hydrogen (secondary N) is 2. The molecular formula is C17H17F3N4O2S. The number of nitrogens with two attached hydrogens (primary N) is 1. The van der Waals surface area contributed by atoms with Gasteiger partial charge in [-0.1, -0.05) is 18.2 Å². The van der Waals surface area contributed by atoms with Crippen molar-refractivity contribution in [1.29, 1.82) is 0 Å². The van der Waals surface area contributed by atoms with Crippen LogP contribution in [0, 0.1) is 0 Å². The summed E-state index contributed by atoms with van der Waals surface area (Å²) in [5.41, 5.74) is 5.88. The molecule has 1 aromatic heterocycles. The third-order valence-electron chi connectivity index (χ3n) is 4.06. The molecule has 1 fully saturated rings. The van der Waals surface area contributed by atoms with E-state index in [0.717, 1.165) is 0 Å². The molecule has 0 bridgehead atoms. The van der Waals surface area contributed by atoms with E-state index in [2.05, 4.69) is 10.6 Å². The van der Waals surface area contributed by atoms with Gasteiger partial charge in [0, 0.05) is 31.9 Å². The van der Waals surface area contributed by atoms with Gasteiger partial charge in [0.25, 0.3) is 11.7 Å². The third kappa shape index (κ3) is 4.06. The van der Waals surface area contributed by atoms with Crippen molar-refractivity contribution < 1.29 is 22.8 Å². The maximum absolute atomic E-state index is 12.9. The number of amides is 1. The van der Waals surface area contributed by atoms with Crippen LogP contribution in [0.25, 0.3) is 0 Å². The first-order chi connectivity index (χ1) is 12.8. The lowest BCUT2D eigenvalue weighted by molar-refractivity contribution is -0.0882. The Morgan fingerprint density at radius 2 is 1.78 bits per heavy atom. The Hall–Kier alpha value is -2.59. The molecule has 0 saturated carbocycles. The number of ketones is 1. The standard InChI is InChI=1S/C17H17F3N4O2S/c18-17(19,20)14(25)13-12(21)11(16(26)24-8-6-22-7-9-24)15(27-13)23-10-4-2-1-3-5-10/h1-5,22-23H,6-9,21H2. The van der Waals surface area contributed by atoms with Crippen LogP contribution in [0.15, 0.2) is 30.3 Å². The number of thiophene rings is 1. The number of anilines is 3. The van der Waals surface area contributed by atoms with Crippen molar-refractivity contribution in [3.8, 4) is 0 Å². The number of hydrogen-bond donors (Lipinski definition) is 3. The predicted octanol–water partition coefficient (Wildman–Crippen LogP) is 2.86. The number of nitrogen functional groups attached to an aromatic ring is 1. The number of alkyl halides is 3. The molecule has 10 heteroatoms. The minimum Gasteiger partial charge on any atom is -0.397 e. The summed E-state index contributed by atoms with van der Waals surface area (Å²) in [4.78, 5) is 25.5.